The molecule has 0 bridgehead atoms. The van der Waals surface area contributed by atoms with Crippen LogP contribution in [0, 0.1) is 5.82 Å². The van der Waals surface area contributed by atoms with Gasteiger partial charge in [0.2, 0.25) is 0 Å². The first-order valence-electron chi connectivity index (χ1n) is 5.98. The highest BCUT2D eigenvalue weighted by Crippen LogP contribution is 2.26. The van der Waals surface area contributed by atoms with E-state index in [0.29, 0.717) is 17.4 Å². The minimum absolute atomic E-state index is 0.104. The highest BCUT2D eigenvalue weighted by Gasteiger charge is 2.30. The maximum atomic E-state index is 13.0. The fraction of sp³-hybridized carbons (Fsp3) is 0.462. The summed E-state index contributed by atoms with van der Waals surface area (Å²) < 4.78 is 13.0. The molecule has 1 aliphatic heterocycles. The van der Waals surface area contributed by atoms with E-state index < -0.39 is 5.82 Å². The summed E-state index contributed by atoms with van der Waals surface area (Å²) in [4.78, 5) is 14.2. The molecular weight excluding hydrogens is 251 g/mol. The Balaban J connectivity index is 2.25. The van der Waals surface area contributed by atoms with E-state index in [-0.39, 0.29) is 17.6 Å². The zero-order chi connectivity index (χ0) is 13.3. The molecular formula is C13H17FN2OS. The summed E-state index contributed by atoms with van der Waals surface area (Å²) in [6.45, 7) is 4.86. The first-order valence-corrected chi connectivity index (χ1v) is 7.03. The van der Waals surface area contributed by atoms with Crippen LogP contribution < -0.4 is 5.73 Å². The molecule has 1 aromatic rings. The SMILES string of the molecule is CC1SCCN(C(=O)c2ccc(F)cc2N)C1C. The summed E-state index contributed by atoms with van der Waals surface area (Å²) in [5.41, 5.74) is 6.31. The van der Waals surface area contributed by atoms with Crippen molar-refractivity contribution in [2.24, 2.45) is 0 Å². The first-order chi connectivity index (χ1) is 8.50. The number of nitrogens with zero attached hydrogens (tertiary/aromatic N) is 1. The molecule has 0 aliphatic carbocycles. The number of hydrogen-bond donors (Lipinski definition) is 1. The number of nitrogens with two attached hydrogens (primary N) is 1. The van der Waals surface area contributed by atoms with Crippen LogP contribution in [0.2, 0.25) is 0 Å². The van der Waals surface area contributed by atoms with Crippen LogP contribution in [-0.2, 0) is 0 Å². The lowest BCUT2D eigenvalue weighted by molar-refractivity contribution is 0.0699. The van der Waals surface area contributed by atoms with Crippen LogP contribution in [0.3, 0.4) is 0 Å². The number of nitrogen functional groups attached to an aromatic ring is 1. The van der Waals surface area contributed by atoms with Crippen molar-refractivity contribution < 1.29 is 9.18 Å². The van der Waals surface area contributed by atoms with Gasteiger partial charge in [0.1, 0.15) is 5.82 Å². The molecule has 2 atom stereocenters. The number of carbonyl (C=O) groups excluding carboxylic acids is 1. The largest absolute Gasteiger partial charge is 0.398 e. The van der Waals surface area contributed by atoms with Crippen molar-refractivity contribution in [2.45, 2.75) is 25.1 Å². The molecule has 0 radical (unpaired) electrons. The Morgan fingerprint density at radius 2 is 2.22 bits per heavy atom. The van der Waals surface area contributed by atoms with Gasteiger partial charge < -0.3 is 10.6 Å². The molecule has 1 saturated heterocycles. The third-order valence-electron chi connectivity index (χ3n) is 3.39. The van der Waals surface area contributed by atoms with Crippen LogP contribution in [0.1, 0.15) is 24.2 Å². The van der Waals surface area contributed by atoms with Crippen molar-refractivity contribution in [3.8, 4) is 0 Å². The highest BCUT2D eigenvalue weighted by molar-refractivity contribution is 8.00. The molecule has 98 valence electrons. The molecule has 3 nitrogen and oxygen atoms in total. The average Bonchev–Trinajstić information content (AvgIpc) is 2.32. The molecule has 1 aromatic carbocycles. The van der Waals surface area contributed by atoms with Crippen molar-refractivity contribution in [2.75, 3.05) is 18.0 Å². The number of rotatable bonds is 1. The topological polar surface area (TPSA) is 46.3 Å². The van der Waals surface area contributed by atoms with Gasteiger partial charge in [-0.15, -0.1) is 0 Å². The van der Waals surface area contributed by atoms with E-state index in [1.807, 2.05) is 23.6 Å². The van der Waals surface area contributed by atoms with Crippen LogP contribution in [-0.4, -0.2) is 34.4 Å². The predicted octanol–water partition coefficient (Wildman–Crippen LogP) is 2.37. The lowest BCUT2D eigenvalue weighted by Gasteiger charge is -2.37. The quantitative estimate of drug-likeness (QED) is 0.795. The van der Waals surface area contributed by atoms with E-state index in [0.717, 1.165) is 5.75 Å². The van der Waals surface area contributed by atoms with Gasteiger partial charge in [-0.1, -0.05) is 6.92 Å². The molecule has 0 spiro atoms. The molecule has 2 rings (SSSR count). The molecule has 0 aromatic heterocycles. The van der Waals surface area contributed by atoms with Gasteiger partial charge in [-0.3, -0.25) is 4.79 Å². The van der Waals surface area contributed by atoms with Gasteiger partial charge in [0.25, 0.3) is 5.91 Å². The second-order valence-corrected chi connectivity index (χ2v) is 6.03. The normalized spacial score (nSPS) is 24.1. The van der Waals surface area contributed by atoms with Gasteiger partial charge in [-0.05, 0) is 25.1 Å². The molecule has 1 aliphatic rings. The standard InChI is InChI=1S/C13H17FN2OS/c1-8-9(2)18-6-5-16(8)13(17)11-4-3-10(14)7-12(11)15/h3-4,7-9H,5-6,15H2,1-2H3. The molecule has 2 unspecified atom stereocenters. The summed E-state index contributed by atoms with van der Waals surface area (Å²) in [5.74, 6) is 0.407. The van der Waals surface area contributed by atoms with Crippen LogP contribution in [0.4, 0.5) is 10.1 Å². The van der Waals surface area contributed by atoms with E-state index in [4.69, 9.17) is 5.73 Å². The Morgan fingerprint density at radius 1 is 1.50 bits per heavy atom. The molecule has 0 saturated carbocycles. The second-order valence-electron chi connectivity index (χ2n) is 4.55. The summed E-state index contributed by atoms with van der Waals surface area (Å²) in [5, 5.41) is 0.407. The van der Waals surface area contributed by atoms with Gasteiger partial charge in [-0.25, -0.2) is 4.39 Å². The summed E-state index contributed by atoms with van der Waals surface area (Å²) in [6, 6.07) is 4.10. The Bertz CT molecular complexity index is 466. The zero-order valence-corrected chi connectivity index (χ0v) is 11.3. The third kappa shape index (κ3) is 2.46. The molecule has 2 N–H and O–H groups in total. The highest BCUT2D eigenvalue weighted by atomic mass is 32.2. The molecule has 1 heterocycles. The van der Waals surface area contributed by atoms with Gasteiger partial charge >= 0.3 is 0 Å². The fourth-order valence-electron chi connectivity index (χ4n) is 2.10. The predicted molar refractivity (Wildman–Crippen MR) is 73.2 cm³/mol. The van der Waals surface area contributed by atoms with E-state index in [1.54, 1.807) is 0 Å². The Kier molecular flexibility index (Phi) is 3.80. The van der Waals surface area contributed by atoms with Crippen LogP contribution in [0.25, 0.3) is 0 Å². The first kappa shape index (κ1) is 13.2. The van der Waals surface area contributed by atoms with Crippen LogP contribution in [0.5, 0.6) is 0 Å². The average molecular weight is 268 g/mol. The Labute approximate surface area is 111 Å². The van der Waals surface area contributed by atoms with Gasteiger partial charge in [0.05, 0.1) is 5.56 Å². The summed E-state index contributed by atoms with van der Waals surface area (Å²) in [6.07, 6.45) is 0. The number of thioether (sulfide) groups is 1. The van der Waals surface area contributed by atoms with Crippen LogP contribution >= 0.6 is 11.8 Å². The summed E-state index contributed by atoms with van der Waals surface area (Å²) >= 11 is 1.86. The second kappa shape index (κ2) is 5.18. The van der Waals surface area contributed by atoms with Gasteiger partial charge in [0.15, 0.2) is 0 Å². The molecule has 1 fully saturated rings. The number of amides is 1. The van der Waals surface area contributed by atoms with Crippen molar-refractivity contribution in [3.63, 3.8) is 0 Å². The van der Waals surface area contributed by atoms with Gasteiger partial charge in [0, 0.05) is 29.3 Å². The van der Waals surface area contributed by atoms with E-state index in [9.17, 15) is 9.18 Å². The van der Waals surface area contributed by atoms with Crippen molar-refractivity contribution in [3.05, 3.63) is 29.6 Å². The lowest BCUT2D eigenvalue weighted by atomic mass is 10.1. The van der Waals surface area contributed by atoms with E-state index >= 15 is 0 Å². The van der Waals surface area contributed by atoms with E-state index in [2.05, 4.69) is 6.92 Å². The van der Waals surface area contributed by atoms with Crippen LogP contribution in [0.15, 0.2) is 18.2 Å². The minimum atomic E-state index is -0.417. The number of hydrogen-bond acceptors (Lipinski definition) is 3. The molecule has 5 heteroatoms. The number of carbonyl (C=O) groups is 1. The van der Waals surface area contributed by atoms with E-state index in [1.165, 1.54) is 18.2 Å². The monoisotopic (exact) mass is 268 g/mol. The van der Waals surface area contributed by atoms with Crippen molar-refractivity contribution in [1.29, 1.82) is 0 Å². The maximum Gasteiger partial charge on any atom is 0.256 e. The van der Waals surface area contributed by atoms with Gasteiger partial charge in [-0.2, -0.15) is 11.8 Å². The smallest absolute Gasteiger partial charge is 0.256 e. The zero-order valence-electron chi connectivity index (χ0n) is 10.5. The summed E-state index contributed by atoms with van der Waals surface area (Å²) in [7, 11) is 0. The third-order valence-corrected chi connectivity index (χ3v) is 4.73. The van der Waals surface area contributed by atoms with Crippen molar-refractivity contribution >= 4 is 23.4 Å². The minimum Gasteiger partial charge on any atom is -0.398 e. The number of benzene rings is 1. The fourth-order valence-corrected chi connectivity index (χ4v) is 3.20. The Morgan fingerprint density at radius 3 is 2.89 bits per heavy atom. The lowest BCUT2D eigenvalue weighted by Crippen LogP contribution is -2.48. The van der Waals surface area contributed by atoms with Crippen molar-refractivity contribution in [1.82, 2.24) is 4.90 Å². The maximum absolute atomic E-state index is 13.0. The number of anilines is 1. The Hall–Kier alpha value is -1.23. The molecule has 18 heavy (non-hydrogen) atoms. The molecule has 1 amide bonds. The number of halogens is 1.